The van der Waals surface area contributed by atoms with Crippen molar-refractivity contribution in [2.45, 2.75) is 24.9 Å². The molecule has 5 nitrogen and oxygen atoms in total. The normalized spacial score (nSPS) is 32.4. The Morgan fingerprint density at radius 2 is 0.933 bits per heavy atom. The van der Waals surface area contributed by atoms with Crippen LogP contribution in [-0.4, -0.2) is 51.7 Å². The lowest BCUT2D eigenvalue weighted by molar-refractivity contribution is 0.0161. The molecule has 1 aliphatic rings. The summed E-state index contributed by atoms with van der Waals surface area (Å²) >= 11 is 0. The number of hydrogen-bond donors (Lipinski definition) is 2. The van der Waals surface area contributed by atoms with Crippen molar-refractivity contribution in [2.75, 3.05) is 39.6 Å². The topological polar surface area (TPSA) is 79.7 Å². The van der Waals surface area contributed by atoms with Crippen molar-refractivity contribution in [2.24, 2.45) is 11.5 Å². The third-order valence-corrected chi connectivity index (χ3v) is 2.49. The molecule has 0 radical (unpaired) electrons. The van der Waals surface area contributed by atoms with Gasteiger partial charge in [-0.1, -0.05) is 0 Å². The molecule has 0 aromatic rings. The first-order valence-corrected chi connectivity index (χ1v) is 5.55. The summed E-state index contributed by atoms with van der Waals surface area (Å²) in [4.78, 5) is 0. The second-order valence-electron chi connectivity index (χ2n) is 3.74. The van der Waals surface area contributed by atoms with Crippen LogP contribution in [0.3, 0.4) is 0 Å². The maximum absolute atomic E-state index is 5.91. The van der Waals surface area contributed by atoms with E-state index in [0.29, 0.717) is 39.6 Å². The molecule has 1 rings (SSSR count). The largest absolute Gasteiger partial charge is 0.379 e. The van der Waals surface area contributed by atoms with Gasteiger partial charge >= 0.3 is 0 Å². The van der Waals surface area contributed by atoms with E-state index in [-0.39, 0.29) is 12.1 Å². The fourth-order valence-electron chi connectivity index (χ4n) is 1.41. The Kier molecular flexibility index (Phi) is 6.87. The van der Waals surface area contributed by atoms with E-state index in [1.54, 1.807) is 0 Å². The minimum absolute atomic E-state index is 0.00438. The van der Waals surface area contributed by atoms with Crippen LogP contribution in [0.4, 0.5) is 0 Å². The number of hydrogen-bond acceptors (Lipinski definition) is 5. The molecule has 2 unspecified atom stereocenters. The minimum atomic E-state index is -0.00438. The molecule has 1 heterocycles. The predicted molar refractivity (Wildman–Crippen MR) is 57.6 cm³/mol. The minimum Gasteiger partial charge on any atom is -0.379 e. The molecule has 0 amide bonds. The number of nitrogens with two attached hydrogens (primary N) is 2. The zero-order valence-electron chi connectivity index (χ0n) is 9.19. The van der Waals surface area contributed by atoms with Crippen LogP contribution in [-0.2, 0) is 14.2 Å². The maximum atomic E-state index is 5.91. The van der Waals surface area contributed by atoms with E-state index >= 15 is 0 Å². The van der Waals surface area contributed by atoms with E-state index in [2.05, 4.69) is 0 Å². The molecular weight excluding hydrogens is 196 g/mol. The van der Waals surface area contributed by atoms with E-state index in [9.17, 15) is 0 Å². The Hall–Kier alpha value is -0.200. The average molecular weight is 218 g/mol. The fourth-order valence-corrected chi connectivity index (χ4v) is 1.41. The summed E-state index contributed by atoms with van der Waals surface area (Å²) in [6.45, 7) is 3.76. The molecule has 0 aromatic heterocycles. The van der Waals surface area contributed by atoms with E-state index in [1.807, 2.05) is 0 Å². The van der Waals surface area contributed by atoms with E-state index < -0.39 is 0 Å². The molecular formula is C10H22N2O3. The molecule has 15 heavy (non-hydrogen) atoms. The first-order valence-electron chi connectivity index (χ1n) is 5.55. The molecule has 1 aliphatic heterocycles. The Morgan fingerprint density at radius 3 is 1.33 bits per heavy atom. The molecule has 0 bridgehead atoms. The molecule has 2 atom stereocenters. The lowest BCUT2D eigenvalue weighted by Gasteiger charge is -2.19. The van der Waals surface area contributed by atoms with Crippen LogP contribution in [0.2, 0.25) is 0 Å². The fraction of sp³-hybridized carbons (Fsp3) is 1.00. The van der Waals surface area contributed by atoms with Crippen molar-refractivity contribution < 1.29 is 14.2 Å². The third-order valence-electron chi connectivity index (χ3n) is 2.49. The van der Waals surface area contributed by atoms with Gasteiger partial charge in [0.25, 0.3) is 0 Å². The Bertz CT molecular complexity index is 142. The first kappa shape index (κ1) is 12.9. The first-order chi connectivity index (χ1) is 7.30. The van der Waals surface area contributed by atoms with E-state index in [0.717, 1.165) is 12.8 Å². The molecule has 5 heteroatoms. The van der Waals surface area contributed by atoms with Gasteiger partial charge < -0.3 is 25.7 Å². The molecule has 4 N–H and O–H groups in total. The summed E-state index contributed by atoms with van der Waals surface area (Å²) in [6.07, 6.45) is 1.59. The van der Waals surface area contributed by atoms with Crippen molar-refractivity contribution in [3.8, 4) is 0 Å². The highest BCUT2D eigenvalue weighted by atomic mass is 16.5. The average Bonchev–Trinajstić information content (AvgIpc) is 2.25. The van der Waals surface area contributed by atoms with E-state index in [1.165, 1.54) is 0 Å². The highest BCUT2D eigenvalue weighted by molar-refractivity contribution is 4.75. The summed E-state index contributed by atoms with van der Waals surface area (Å²) in [5.74, 6) is 0. The van der Waals surface area contributed by atoms with Gasteiger partial charge in [0.15, 0.2) is 0 Å². The smallest absolute Gasteiger partial charge is 0.0701 e. The molecule has 0 spiro atoms. The van der Waals surface area contributed by atoms with Crippen molar-refractivity contribution in [1.82, 2.24) is 0 Å². The molecule has 90 valence electrons. The van der Waals surface area contributed by atoms with Crippen LogP contribution in [0.1, 0.15) is 12.8 Å². The zero-order valence-corrected chi connectivity index (χ0v) is 9.19. The number of rotatable bonds is 0. The van der Waals surface area contributed by atoms with Crippen LogP contribution in [0.25, 0.3) is 0 Å². The van der Waals surface area contributed by atoms with Gasteiger partial charge in [-0.25, -0.2) is 0 Å². The maximum Gasteiger partial charge on any atom is 0.0701 e. The highest BCUT2D eigenvalue weighted by Crippen LogP contribution is 2.00. The summed E-state index contributed by atoms with van der Waals surface area (Å²) in [5.41, 5.74) is 11.8. The lowest BCUT2D eigenvalue weighted by Crippen LogP contribution is -2.42. The summed E-state index contributed by atoms with van der Waals surface area (Å²) in [6, 6.07) is -0.00876. The highest BCUT2D eigenvalue weighted by Gasteiger charge is 2.13. The van der Waals surface area contributed by atoms with Crippen molar-refractivity contribution in [3.63, 3.8) is 0 Å². The van der Waals surface area contributed by atoms with Crippen molar-refractivity contribution >= 4 is 0 Å². The van der Waals surface area contributed by atoms with Gasteiger partial charge in [-0.05, 0) is 12.8 Å². The second kappa shape index (κ2) is 8.01. The third kappa shape index (κ3) is 6.06. The van der Waals surface area contributed by atoms with Gasteiger partial charge in [-0.3, -0.25) is 0 Å². The molecule has 0 aliphatic carbocycles. The zero-order chi connectivity index (χ0) is 10.9. The lowest BCUT2D eigenvalue weighted by atomic mass is 10.0. The Balaban J connectivity index is 2.24. The van der Waals surface area contributed by atoms with Gasteiger partial charge in [0.1, 0.15) is 0 Å². The van der Waals surface area contributed by atoms with Crippen LogP contribution in [0.15, 0.2) is 0 Å². The van der Waals surface area contributed by atoms with E-state index in [4.69, 9.17) is 25.7 Å². The SMILES string of the molecule is NC1CCOCCOCCOCCC1N. The van der Waals surface area contributed by atoms with Crippen molar-refractivity contribution in [3.05, 3.63) is 0 Å². The second-order valence-corrected chi connectivity index (χ2v) is 3.74. The van der Waals surface area contributed by atoms with Crippen LogP contribution in [0, 0.1) is 0 Å². The molecule has 0 saturated carbocycles. The Labute approximate surface area is 91.0 Å². The standard InChI is InChI=1S/C10H22N2O3/c11-9-1-3-13-5-7-15-8-6-14-4-2-10(9)12/h9-10H,1-8,11-12H2. The molecule has 1 saturated heterocycles. The van der Waals surface area contributed by atoms with Gasteiger partial charge in [0.05, 0.1) is 26.4 Å². The predicted octanol–water partition coefficient (Wildman–Crippen LogP) is -0.515. The number of ether oxygens (including phenoxy) is 3. The van der Waals surface area contributed by atoms with Crippen LogP contribution in [0.5, 0.6) is 0 Å². The van der Waals surface area contributed by atoms with Crippen molar-refractivity contribution in [1.29, 1.82) is 0 Å². The summed E-state index contributed by atoms with van der Waals surface area (Å²) < 4.78 is 16.0. The molecule has 0 aromatic carbocycles. The summed E-state index contributed by atoms with van der Waals surface area (Å²) in [5, 5.41) is 0. The van der Waals surface area contributed by atoms with Gasteiger partial charge in [0.2, 0.25) is 0 Å². The van der Waals surface area contributed by atoms with Crippen LogP contribution < -0.4 is 11.5 Å². The quantitative estimate of drug-likeness (QED) is 0.572. The monoisotopic (exact) mass is 218 g/mol. The summed E-state index contributed by atoms with van der Waals surface area (Å²) in [7, 11) is 0. The van der Waals surface area contributed by atoms with Gasteiger partial charge in [-0.15, -0.1) is 0 Å². The van der Waals surface area contributed by atoms with Gasteiger partial charge in [0, 0.05) is 25.3 Å². The Morgan fingerprint density at radius 1 is 0.600 bits per heavy atom. The van der Waals surface area contributed by atoms with Gasteiger partial charge in [-0.2, -0.15) is 0 Å². The molecule has 1 fully saturated rings. The van der Waals surface area contributed by atoms with Crippen LogP contribution >= 0.6 is 0 Å².